The normalized spacial score (nSPS) is 21.4. The summed E-state index contributed by atoms with van der Waals surface area (Å²) in [6, 6.07) is 0.587. The topological polar surface area (TPSA) is 122 Å². The zero-order valence-electron chi connectivity index (χ0n) is 19.0. The summed E-state index contributed by atoms with van der Waals surface area (Å²) in [5.41, 5.74) is -0.112. The summed E-state index contributed by atoms with van der Waals surface area (Å²) >= 11 is 0. The maximum atomic E-state index is 13.0. The monoisotopic (exact) mass is 452 g/mol. The number of nitrogens with zero attached hydrogens (tertiary/aromatic N) is 1. The van der Waals surface area contributed by atoms with E-state index in [1.807, 2.05) is 6.92 Å². The summed E-state index contributed by atoms with van der Waals surface area (Å²) < 4.78 is 26.8. The number of amides is 1. The average molecular weight is 453 g/mol. The van der Waals surface area contributed by atoms with Crippen LogP contribution in [0, 0.1) is 5.92 Å². The maximum absolute atomic E-state index is 13.0. The van der Waals surface area contributed by atoms with Gasteiger partial charge in [0.2, 0.25) is 6.79 Å². The largest absolute Gasteiger partial charge is 0.493 e. The molecular weight excluding hydrogens is 420 g/mol. The smallest absolute Gasteiger partial charge is 0.329 e. The number of carbonyl (C=O) groups excluding carboxylic acids is 3. The second-order valence-electron chi connectivity index (χ2n) is 7.52. The van der Waals surface area contributed by atoms with Crippen LogP contribution in [0.1, 0.15) is 56.9 Å². The summed E-state index contributed by atoms with van der Waals surface area (Å²) in [5.74, 6) is -1.39. The second kappa shape index (κ2) is 12.8. The lowest BCUT2D eigenvalue weighted by molar-refractivity contribution is -0.153. The predicted octanol–water partition coefficient (Wildman–Crippen LogP) is 2.25. The van der Waals surface area contributed by atoms with E-state index in [0.717, 1.165) is 19.3 Å². The van der Waals surface area contributed by atoms with Crippen LogP contribution in [-0.2, 0) is 23.8 Å². The van der Waals surface area contributed by atoms with Gasteiger partial charge in [-0.05, 0) is 13.3 Å². The molecule has 2 rings (SSSR count). The van der Waals surface area contributed by atoms with Gasteiger partial charge in [-0.2, -0.15) is 0 Å². The third-order valence-corrected chi connectivity index (χ3v) is 5.14. The van der Waals surface area contributed by atoms with Gasteiger partial charge in [0.15, 0.2) is 17.2 Å². The van der Waals surface area contributed by atoms with Gasteiger partial charge in [0.05, 0.1) is 13.7 Å². The molecule has 0 aliphatic carbocycles. The number of unbranched alkanes of at least 4 members (excludes halogenated alkanes) is 1. The number of rotatable bonds is 9. The molecule has 0 bridgehead atoms. The highest BCUT2D eigenvalue weighted by Crippen LogP contribution is 2.29. The van der Waals surface area contributed by atoms with Crippen molar-refractivity contribution in [3.63, 3.8) is 0 Å². The lowest BCUT2D eigenvalue weighted by Gasteiger charge is -2.24. The van der Waals surface area contributed by atoms with Crippen molar-refractivity contribution in [2.75, 3.05) is 27.1 Å². The van der Waals surface area contributed by atoms with Gasteiger partial charge in [-0.1, -0.05) is 19.8 Å². The van der Waals surface area contributed by atoms with Gasteiger partial charge in [-0.15, -0.1) is 0 Å². The molecule has 0 saturated carbocycles. The lowest BCUT2D eigenvalue weighted by atomic mass is 9.98. The molecule has 1 amide bonds. The molecule has 1 aliphatic rings. The van der Waals surface area contributed by atoms with E-state index in [1.165, 1.54) is 26.3 Å². The number of esters is 2. The molecule has 3 atom stereocenters. The van der Waals surface area contributed by atoms with E-state index < -0.39 is 30.7 Å². The van der Waals surface area contributed by atoms with Crippen LogP contribution in [-0.4, -0.2) is 62.1 Å². The number of ether oxygens (including phenoxy) is 5. The molecule has 10 heteroatoms. The van der Waals surface area contributed by atoms with E-state index in [1.54, 1.807) is 0 Å². The van der Waals surface area contributed by atoms with Gasteiger partial charge in [-0.25, -0.2) is 9.78 Å². The fourth-order valence-corrected chi connectivity index (χ4v) is 3.26. The molecule has 178 valence electrons. The van der Waals surface area contributed by atoms with Crippen molar-refractivity contribution in [1.82, 2.24) is 10.3 Å². The zero-order valence-corrected chi connectivity index (χ0v) is 19.0. The number of cyclic esters (lactones) is 1. The van der Waals surface area contributed by atoms with Crippen molar-refractivity contribution in [1.29, 1.82) is 0 Å². The highest BCUT2D eigenvalue weighted by molar-refractivity contribution is 5.98. The quantitative estimate of drug-likeness (QED) is 0.444. The molecule has 32 heavy (non-hydrogen) atoms. The van der Waals surface area contributed by atoms with Gasteiger partial charge >= 0.3 is 11.9 Å². The van der Waals surface area contributed by atoms with Crippen molar-refractivity contribution < 1.29 is 38.1 Å². The van der Waals surface area contributed by atoms with Gasteiger partial charge in [-0.3, -0.25) is 9.59 Å². The Bertz CT molecular complexity index is 785. The van der Waals surface area contributed by atoms with Crippen molar-refractivity contribution in [3.8, 4) is 11.5 Å². The maximum Gasteiger partial charge on any atom is 0.329 e. The van der Waals surface area contributed by atoms with Crippen molar-refractivity contribution in [2.24, 2.45) is 5.92 Å². The van der Waals surface area contributed by atoms with Crippen LogP contribution in [0.15, 0.2) is 12.3 Å². The highest BCUT2D eigenvalue weighted by Gasteiger charge is 2.31. The molecule has 2 heterocycles. The minimum atomic E-state index is -0.913. The number of aromatic nitrogens is 1. The molecule has 1 aromatic rings. The van der Waals surface area contributed by atoms with Crippen LogP contribution in [0.3, 0.4) is 0 Å². The van der Waals surface area contributed by atoms with E-state index in [2.05, 4.69) is 17.2 Å². The van der Waals surface area contributed by atoms with Crippen LogP contribution < -0.4 is 14.8 Å². The number of nitrogens with one attached hydrogen (secondary N) is 1. The first kappa shape index (κ1) is 25.4. The van der Waals surface area contributed by atoms with E-state index in [0.29, 0.717) is 13.2 Å². The standard InChI is InChI=1S/C22H32N2O8/c1-5-6-7-16-12-29-11-9-17(22(27)32-14(16)2)24-21(26)19-20(31-13-30-15(3)25)18(28-4)8-10-23-19/h8,10,14,16-17H,5-7,9,11-13H2,1-4H3,(H,24,26)/t14-,16+,17-/m0/s1. The molecule has 10 nitrogen and oxygen atoms in total. The van der Waals surface area contributed by atoms with Crippen molar-refractivity contribution in [3.05, 3.63) is 18.0 Å². The van der Waals surface area contributed by atoms with Gasteiger partial charge in [0.25, 0.3) is 5.91 Å². The summed E-state index contributed by atoms with van der Waals surface area (Å²) in [7, 11) is 1.40. The Morgan fingerprint density at radius 1 is 1.34 bits per heavy atom. The summed E-state index contributed by atoms with van der Waals surface area (Å²) in [6.07, 6.45) is 4.27. The molecule has 1 N–H and O–H groups in total. The zero-order chi connectivity index (χ0) is 23.5. The number of pyridine rings is 1. The van der Waals surface area contributed by atoms with Crippen LogP contribution >= 0.6 is 0 Å². The molecule has 0 spiro atoms. The van der Waals surface area contributed by atoms with Crippen molar-refractivity contribution >= 4 is 17.8 Å². The number of carbonyl (C=O) groups is 3. The Morgan fingerprint density at radius 3 is 2.81 bits per heavy atom. The fourth-order valence-electron chi connectivity index (χ4n) is 3.26. The SMILES string of the molecule is CCCC[C@@H]1COCC[C@H](NC(=O)c2nccc(OC)c2OCOC(C)=O)C(=O)O[C@H]1C. The number of hydrogen-bond acceptors (Lipinski definition) is 9. The van der Waals surface area contributed by atoms with Gasteiger partial charge < -0.3 is 29.0 Å². The summed E-state index contributed by atoms with van der Waals surface area (Å²) in [6.45, 7) is 5.56. The van der Waals surface area contributed by atoms with E-state index in [-0.39, 0.29) is 35.6 Å². The molecule has 1 aromatic heterocycles. The molecular formula is C22H32N2O8. The number of methoxy groups -OCH3 is 1. The third-order valence-electron chi connectivity index (χ3n) is 5.14. The molecule has 1 saturated heterocycles. The summed E-state index contributed by atoms with van der Waals surface area (Å²) in [4.78, 5) is 40.8. The minimum Gasteiger partial charge on any atom is -0.493 e. The van der Waals surface area contributed by atoms with E-state index in [9.17, 15) is 14.4 Å². The molecule has 1 aliphatic heterocycles. The lowest BCUT2D eigenvalue weighted by Crippen LogP contribution is -2.44. The highest BCUT2D eigenvalue weighted by atomic mass is 16.7. The van der Waals surface area contributed by atoms with Crippen molar-refractivity contribution in [2.45, 2.75) is 58.6 Å². The Kier molecular flexibility index (Phi) is 10.2. The average Bonchev–Trinajstić information content (AvgIpc) is 2.82. The van der Waals surface area contributed by atoms with E-state index in [4.69, 9.17) is 23.7 Å². The first-order chi connectivity index (χ1) is 15.4. The fraction of sp³-hybridized carbons (Fsp3) is 0.636. The molecule has 0 aromatic carbocycles. The van der Waals surface area contributed by atoms with Crippen LogP contribution in [0.25, 0.3) is 0 Å². The Morgan fingerprint density at radius 2 is 2.12 bits per heavy atom. The van der Waals surface area contributed by atoms with Gasteiger partial charge in [0.1, 0.15) is 12.1 Å². The number of hydrogen-bond donors (Lipinski definition) is 1. The first-order valence-electron chi connectivity index (χ1n) is 10.8. The minimum absolute atomic E-state index is 0.00516. The Hall–Kier alpha value is -2.88. The molecule has 0 unspecified atom stereocenters. The molecule has 1 fully saturated rings. The third kappa shape index (κ3) is 7.37. The van der Waals surface area contributed by atoms with Crippen LogP contribution in [0.5, 0.6) is 11.5 Å². The second-order valence-corrected chi connectivity index (χ2v) is 7.52. The summed E-state index contributed by atoms with van der Waals surface area (Å²) in [5, 5.41) is 2.65. The Balaban J connectivity index is 2.13. The first-order valence-corrected chi connectivity index (χ1v) is 10.8. The molecule has 0 radical (unpaired) electrons. The van der Waals surface area contributed by atoms with E-state index >= 15 is 0 Å². The van der Waals surface area contributed by atoms with Crippen LogP contribution in [0.4, 0.5) is 0 Å². The Labute approximate surface area is 187 Å². The predicted molar refractivity (Wildman–Crippen MR) is 113 cm³/mol. The van der Waals surface area contributed by atoms with Gasteiger partial charge in [0, 0.05) is 38.1 Å². The van der Waals surface area contributed by atoms with Crippen LogP contribution in [0.2, 0.25) is 0 Å².